The lowest BCUT2D eigenvalue weighted by atomic mass is 10.0. The Balaban J connectivity index is 4.94. The molecular formula is C12H20F3N3O5. The fraction of sp³-hybridized carbons (Fsp3) is 0.750. The summed E-state index contributed by atoms with van der Waals surface area (Å²) < 4.78 is 38.7. The molecule has 0 aromatic rings. The Morgan fingerprint density at radius 3 is 2.00 bits per heavy atom. The number of hydroxylamine groups is 1. The van der Waals surface area contributed by atoms with Gasteiger partial charge in [-0.3, -0.25) is 20.1 Å². The first kappa shape index (κ1) is 21.1. The van der Waals surface area contributed by atoms with E-state index in [1.165, 1.54) is 19.3 Å². The molecule has 0 unspecified atom stereocenters. The molecule has 0 saturated carbocycles. The number of halogens is 3. The van der Waals surface area contributed by atoms with Crippen molar-refractivity contribution in [1.82, 2.24) is 16.1 Å². The van der Waals surface area contributed by atoms with Gasteiger partial charge in [0.25, 0.3) is 5.91 Å². The molecule has 2 amide bonds. The van der Waals surface area contributed by atoms with E-state index in [0.717, 1.165) is 6.92 Å². The van der Waals surface area contributed by atoms with Gasteiger partial charge in [-0.15, -0.1) is 0 Å². The zero-order chi connectivity index (χ0) is 18.4. The highest BCUT2D eigenvalue weighted by Gasteiger charge is 2.42. The zero-order valence-electron chi connectivity index (χ0n) is 12.8. The van der Waals surface area contributed by atoms with Crippen LogP contribution in [0.4, 0.5) is 13.2 Å². The number of nitrogens with one attached hydrogen (secondary N) is 3. The van der Waals surface area contributed by atoms with E-state index in [1.54, 1.807) is 0 Å². The minimum absolute atomic E-state index is 0.521. The van der Waals surface area contributed by atoms with Gasteiger partial charge in [0.05, 0.1) is 12.5 Å². The van der Waals surface area contributed by atoms with Crippen molar-refractivity contribution in [3.8, 4) is 0 Å². The number of aliphatic carboxylic acids is 1. The summed E-state index contributed by atoms with van der Waals surface area (Å²) in [7, 11) is 0. The van der Waals surface area contributed by atoms with Gasteiger partial charge in [-0.25, -0.2) is 10.3 Å². The normalized spacial score (nSPS) is 15.7. The first-order valence-corrected chi connectivity index (χ1v) is 6.69. The van der Waals surface area contributed by atoms with Crippen LogP contribution in [0.15, 0.2) is 0 Å². The van der Waals surface area contributed by atoms with Crippen LogP contribution in [-0.4, -0.2) is 52.4 Å². The molecule has 0 radical (unpaired) electrons. The molecule has 0 aromatic carbocycles. The maximum Gasteiger partial charge on any atom is 0.404 e. The van der Waals surface area contributed by atoms with Crippen LogP contribution >= 0.6 is 0 Å². The number of carbonyl (C=O) groups excluding carboxylic acids is 2. The van der Waals surface area contributed by atoms with Crippen molar-refractivity contribution in [2.75, 3.05) is 0 Å². The predicted octanol–water partition coefficient (Wildman–Crippen LogP) is 0.0163. The second kappa shape index (κ2) is 8.67. The van der Waals surface area contributed by atoms with Crippen LogP contribution in [0.5, 0.6) is 0 Å². The van der Waals surface area contributed by atoms with Crippen molar-refractivity contribution in [1.29, 1.82) is 0 Å². The van der Waals surface area contributed by atoms with Gasteiger partial charge in [-0.2, -0.15) is 13.2 Å². The quantitative estimate of drug-likeness (QED) is 0.312. The zero-order valence-corrected chi connectivity index (χ0v) is 12.8. The molecular weight excluding hydrogens is 323 g/mol. The van der Waals surface area contributed by atoms with E-state index in [1.807, 2.05) is 10.6 Å². The van der Waals surface area contributed by atoms with E-state index in [0.29, 0.717) is 0 Å². The van der Waals surface area contributed by atoms with E-state index in [2.05, 4.69) is 0 Å². The molecule has 8 nitrogen and oxygen atoms in total. The number of carboxylic acids is 1. The third-order valence-electron chi connectivity index (χ3n) is 2.99. The van der Waals surface area contributed by atoms with E-state index >= 15 is 0 Å². The van der Waals surface area contributed by atoms with Crippen LogP contribution in [0, 0.1) is 5.92 Å². The molecule has 5 N–H and O–H groups in total. The van der Waals surface area contributed by atoms with Crippen LogP contribution < -0.4 is 16.1 Å². The van der Waals surface area contributed by atoms with Gasteiger partial charge in [-0.1, -0.05) is 13.8 Å². The van der Waals surface area contributed by atoms with Gasteiger partial charge in [0.1, 0.15) is 12.1 Å². The SMILES string of the molecule is CC(C)[C@H](NC(=O)C[C@H](N[C@@H](C)C(=O)NO)C(F)(F)F)C(=O)O. The van der Waals surface area contributed by atoms with Crippen molar-refractivity contribution < 1.29 is 37.9 Å². The number of rotatable bonds is 8. The van der Waals surface area contributed by atoms with E-state index in [-0.39, 0.29) is 0 Å². The molecule has 0 heterocycles. The van der Waals surface area contributed by atoms with Crippen molar-refractivity contribution in [2.45, 2.75) is 51.5 Å². The minimum Gasteiger partial charge on any atom is -0.480 e. The molecule has 0 aliphatic rings. The first-order chi connectivity index (χ1) is 10.4. The second-order valence-corrected chi connectivity index (χ2v) is 5.29. The first-order valence-electron chi connectivity index (χ1n) is 6.69. The van der Waals surface area contributed by atoms with Gasteiger partial charge in [0.15, 0.2) is 0 Å². The molecule has 11 heteroatoms. The largest absolute Gasteiger partial charge is 0.480 e. The maximum absolute atomic E-state index is 12.9. The summed E-state index contributed by atoms with van der Waals surface area (Å²) in [6.45, 7) is 4.05. The summed E-state index contributed by atoms with van der Waals surface area (Å²) in [6.07, 6.45) is -5.96. The summed E-state index contributed by atoms with van der Waals surface area (Å²) in [4.78, 5) is 33.7. The molecule has 0 spiro atoms. The predicted molar refractivity (Wildman–Crippen MR) is 71.4 cm³/mol. The molecule has 0 fully saturated rings. The Morgan fingerprint density at radius 2 is 1.65 bits per heavy atom. The summed E-state index contributed by atoms with van der Waals surface area (Å²) in [6, 6.07) is -5.12. The van der Waals surface area contributed by atoms with Gasteiger partial charge in [0, 0.05) is 0 Å². The molecule has 0 rings (SSSR count). The number of carbonyl (C=O) groups is 3. The smallest absolute Gasteiger partial charge is 0.404 e. The molecule has 0 aromatic heterocycles. The monoisotopic (exact) mass is 343 g/mol. The van der Waals surface area contributed by atoms with E-state index in [4.69, 9.17) is 10.3 Å². The van der Waals surface area contributed by atoms with E-state index in [9.17, 15) is 27.6 Å². The number of amides is 2. The minimum atomic E-state index is -4.85. The molecule has 3 atom stereocenters. The van der Waals surface area contributed by atoms with Crippen molar-refractivity contribution in [2.24, 2.45) is 5.92 Å². The van der Waals surface area contributed by atoms with Crippen molar-refractivity contribution in [3.05, 3.63) is 0 Å². The maximum atomic E-state index is 12.9. The molecule has 23 heavy (non-hydrogen) atoms. The van der Waals surface area contributed by atoms with E-state index < -0.39 is 54.4 Å². The highest BCUT2D eigenvalue weighted by molar-refractivity contribution is 5.84. The molecule has 0 aliphatic carbocycles. The average molecular weight is 343 g/mol. The summed E-state index contributed by atoms with van der Waals surface area (Å²) >= 11 is 0. The lowest BCUT2D eigenvalue weighted by Crippen LogP contribution is -2.54. The third-order valence-corrected chi connectivity index (χ3v) is 2.99. The molecule has 134 valence electrons. The lowest BCUT2D eigenvalue weighted by Gasteiger charge is -2.25. The van der Waals surface area contributed by atoms with Crippen LogP contribution in [0.2, 0.25) is 0 Å². The van der Waals surface area contributed by atoms with Crippen LogP contribution in [0.25, 0.3) is 0 Å². The van der Waals surface area contributed by atoms with Gasteiger partial charge >= 0.3 is 12.1 Å². The number of alkyl halides is 3. The van der Waals surface area contributed by atoms with Crippen molar-refractivity contribution >= 4 is 17.8 Å². The molecule has 0 aliphatic heterocycles. The number of hydrogen-bond donors (Lipinski definition) is 5. The number of hydrogen-bond acceptors (Lipinski definition) is 5. The summed E-state index contributed by atoms with van der Waals surface area (Å²) in [5, 5.41) is 21.2. The highest BCUT2D eigenvalue weighted by Crippen LogP contribution is 2.23. The van der Waals surface area contributed by atoms with Gasteiger partial charge in [0.2, 0.25) is 5.91 Å². The second-order valence-electron chi connectivity index (χ2n) is 5.29. The summed E-state index contributed by atoms with van der Waals surface area (Å²) in [5.74, 6) is -4.12. The Hall–Kier alpha value is -1.88. The standard InChI is InChI=1S/C12H20F3N3O5/c1-5(2)9(11(21)22)17-8(19)4-7(12(13,14)15)16-6(3)10(20)18-23/h5-7,9,16,23H,4H2,1-3H3,(H,17,19)(H,18,20)(H,21,22)/t6-,7-,9-/m0/s1. The molecule has 0 bridgehead atoms. The topological polar surface area (TPSA) is 128 Å². The average Bonchev–Trinajstić information content (AvgIpc) is 2.41. The Labute approximate surface area is 130 Å². The Morgan fingerprint density at radius 1 is 1.13 bits per heavy atom. The Bertz CT molecular complexity index is 442. The van der Waals surface area contributed by atoms with Gasteiger partial charge in [-0.05, 0) is 12.8 Å². The van der Waals surface area contributed by atoms with Crippen LogP contribution in [0.1, 0.15) is 27.2 Å². The molecule has 0 saturated heterocycles. The number of carboxylic acid groups (broad SMARTS) is 1. The van der Waals surface area contributed by atoms with Crippen LogP contribution in [0.3, 0.4) is 0 Å². The Kier molecular flexibility index (Phi) is 7.97. The lowest BCUT2D eigenvalue weighted by molar-refractivity contribution is -0.165. The fourth-order valence-electron chi connectivity index (χ4n) is 1.67. The van der Waals surface area contributed by atoms with Crippen LogP contribution in [-0.2, 0) is 14.4 Å². The fourth-order valence-corrected chi connectivity index (χ4v) is 1.67. The highest BCUT2D eigenvalue weighted by atomic mass is 19.4. The summed E-state index contributed by atoms with van der Waals surface area (Å²) in [5.41, 5.74) is 1.19. The third kappa shape index (κ3) is 7.28. The van der Waals surface area contributed by atoms with Gasteiger partial charge < -0.3 is 10.4 Å². The van der Waals surface area contributed by atoms with Crippen molar-refractivity contribution in [3.63, 3.8) is 0 Å².